The summed E-state index contributed by atoms with van der Waals surface area (Å²) in [6.45, 7) is 4.53. The van der Waals surface area contributed by atoms with Crippen molar-refractivity contribution in [3.8, 4) is 0 Å². The van der Waals surface area contributed by atoms with Crippen LogP contribution in [-0.4, -0.2) is 24.5 Å². The lowest BCUT2D eigenvalue weighted by molar-refractivity contribution is 0.0952. The quantitative estimate of drug-likeness (QED) is 0.663. The summed E-state index contributed by atoms with van der Waals surface area (Å²) in [5.41, 5.74) is 1.29. The Bertz CT molecular complexity index is 534. The number of urea groups is 1. The highest BCUT2D eigenvalue weighted by molar-refractivity contribution is 5.95. The lowest BCUT2D eigenvalue weighted by Crippen LogP contribution is -2.34. The van der Waals surface area contributed by atoms with Gasteiger partial charge >= 0.3 is 6.03 Å². The van der Waals surface area contributed by atoms with Gasteiger partial charge in [-0.25, -0.2) is 4.79 Å². The van der Waals surface area contributed by atoms with Crippen molar-refractivity contribution < 1.29 is 9.59 Å². The maximum Gasteiger partial charge on any atom is 0.319 e. The number of carbonyl (C=O) groups excluding carboxylic acids is 2. The first-order chi connectivity index (χ1) is 11.5. The highest BCUT2D eigenvalue weighted by Crippen LogP contribution is 2.28. The van der Waals surface area contributed by atoms with Crippen molar-refractivity contribution in [3.63, 3.8) is 0 Å². The van der Waals surface area contributed by atoms with Gasteiger partial charge in [0.2, 0.25) is 0 Å². The smallest absolute Gasteiger partial charge is 0.319 e. The van der Waals surface area contributed by atoms with Gasteiger partial charge in [-0.2, -0.15) is 0 Å². The number of hydrogen-bond acceptors (Lipinski definition) is 2. The molecule has 0 atom stereocenters. The Labute approximate surface area is 144 Å². The normalized spacial score (nSPS) is 14.6. The average Bonchev–Trinajstić information content (AvgIpc) is 3.04. The highest BCUT2D eigenvalue weighted by Gasteiger charge is 2.14. The Morgan fingerprint density at radius 1 is 1.12 bits per heavy atom. The largest absolute Gasteiger partial charge is 0.352 e. The van der Waals surface area contributed by atoms with E-state index in [1.165, 1.54) is 32.1 Å². The van der Waals surface area contributed by atoms with Crippen LogP contribution in [-0.2, 0) is 0 Å². The molecule has 1 aromatic rings. The third kappa shape index (κ3) is 6.22. The van der Waals surface area contributed by atoms with E-state index in [1.807, 2.05) is 13.8 Å². The van der Waals surface area contributed by atoms with E-state index in [2.05, 4.69) is 16.0 Å². The zero-order valence-corrected chi connectivity index (χ0v) is 14.7. The molecular weight excluding hydrogens is 302 g/mol. The van der Waals surface area contributed by atoms with Gasteiger partial charge < -0.3 is 16.0 Å². The lowest BCUT2D eigenvalue weighted by Gasteiger charge is -2.11. The van der Waals surface area contributed by atoms with Gasteiger partial charge in [0, 0.05) is 23.8 Å². The van der Waals surface area contributed by atoms with Crippen molar-refractivity contribution in [1.82, 2.24) is 10.6 Å². The van der Waals surface area contributed by atoms with Crippen LogP contribution in [0.5, 0.6) is 0 Å². The minimum atomic E-state index is -0.242. The molecule has 3 amide bonds. The van der Waals surface area contributed by atoms with Gasteiger partial charge in [-0.3, -0.25) is 4.79 Å². The Balaban J connectivity index is 1.71. The number of hydrogen-bond donors (Lipinski definition) is 3. The molecule has 1 fully saturated rings. The topological polar surface area (TPSA) is 70.2 Å². The summed E-state index contributed by atoms with van der Waals surface area (Å²) in [6.07, 6.45) is 7.71. The number of benzene rings is 1. The monoisotopic (exact) mass is 331 g/mol. The first-order valence-corrected chi connectivity index (χ1v) is 9.00. The molecule has 0 spiro atoms. The van der Waals surface area contributed by atoms with Crippen molar-refractivity contribution >= 4 is 17.6 Å². The van der Waals surface area contributed by atoms with E-state index < -0.39 is 0 Å². The van der Waals surface area contributed by atoms with Gasteiger partial charge in [0.25, 0.3) is 5.91 Å². The summed E-state index contributed by atoms with van der Waals surface area (Å²) >= 11 is 0. The van der Waals surface area contributed by atoms with Crippen molar-refractivity contribution in [3.05, 3.63) is 29.8 Å². The fourth-order valence-corrected chi connectivity index (χ4v) is 3.13. The third-order valence-corrected chi connectivity index (χ3v) is 4.37. The van der Waals surface area contributed by atoms with E-state index in [0.29, 0.717) is 11.3 Å². The van der Waals surface area contributed by atoms with Crippen LogP contribution >= 0.6 is 0 Å². The molecule has 1 aliphatic carbocycles. The summed E-state index contributed by atoms with van der Waals surface area (Å²) in [5, 5.41) is 8.47. The van der Waals surface area contributed by atoms with Crippen LogP contribution in [0.15, 0.2) is 24.3 Å². The minimum absolute atomic E-state index is 0.0559. The first-order valence-electron chi connectivity index (χ1n) is 9.00. The lowest BCUT2D eigenvalue weighted by atomic mass is 10.0. The molecule has 0 unspecified atom stereocenters. The predicted octanol–water partition coefficient (Wildman–Crippen LogP) is 3.92. The van der Waals surface area contributed by atoms with E-state index in [4.69, 9.17) is 0 Å². The van der Waals surface area contributed by atoms with Crippen LogP contribution in [0.1, 0.15) is 62.7 Å². The highest BCUT2D eigenvalue weighted by atomic mass is 16.2. The van der Waals surface area contributed by atoms with Gasteiger partial charge in [0.15, 0.2) is 0 Å². The molecule has 1 aliphatic rings. The molecule has 2 rings (SSSR count). The van der Waals surface area contributed by atoms with Gasteiger partial charge in [0.1, 0.15) is 0 Å². The van der Waals surface area contributed by atoms with Gasteiger partial charge in [-0.1, -0.05) is 25.7 Å². The fraction of sp³-hybridized carbons (Fsp3) is 0.579. The molecule has 0 saturated heterocycles. The van der Waals surface area contributed by atoms with Crippen LogP contribution in [0.3, 0.4) is 0 Å². The predicted molar refractivity (Wildman–Crippen MR) is 97.3 cm³/mol. The van der Waals surface area contributed by atoms with E-state index in [0.717, 1.165) is 18.9 Å². The zero-order chi connectivity index (χ0) is 17.4. The average molecular weight is 331 g/mol. The van der Waals surface area contributed by atoms with Gasteiger partial charge in [-0.15, -0.1) is 0 Å². The summed E-state index contributed by atoms with van der Waals surface area (Å²) in [4.78, 5) is 23.7. The SMILES string of the molecule is CC(C)NC(=O)Nc1ccc(C(=O)NCCCC2CCCC2)cc1. The van der Waals surface area contributed by atoms with Crippen molar-refractivity contribution in [2.24, 2.45) is 5.92 Å². The number of amides is 3. The Hall–Kier alpha value is -2.04. The summed E-state index contributed by atoms with van der Waals surface area (Å²) in [5.74, 6) is 0.809. The number of nitrogens with one attached hydrogen (secondary N) is 3. The second-order valence-electron chi connectivity index (χ2n) is 6.88. The third-order valence-electron chi connectivity index (χ3n) is 4.37. The Morgan fingerprint density at radius 2 is 1.79 bits per heavy atom. The van der Waals surface area contributed by atoms with E-state index in [-0.39, 0.29) is 18.0 Å². The molecule has 132 valence electrons. The van der Waals surface area contributed by atoms with Crippen molar-refractivity contribution in [2.75, 3.05) is 11.9 Å². The maximum absolute atomic E-state index is 12.1. The van der Waals surface area contributed by atoms with Crippen molar-refractivity contribution in [1.29, 1.82) is 0 Å². The minimum Gasteiger partial charge on any atom is -0.352 e. The Kier molecular flexibility index (Phi) is 7.09. The van der Waals surface area contributed by atoms with E-state index in [9.17, 15) is 9.59 Å². The Morgan fingerprint density at radius 3 is 2.42 bits per heavy atom. The zero-order valence-electron chi connectivity index (χ0n) is 14.7. The summed E-state index contributed by atoms with van der Waals surface area (Å²) < 4.78 is 0. The second-order valence-corrected chi connectivity index (χ2v) is 6.88. The maximum atomic E-state index is 12.1. The standard InChI is InChI=1S/C19H29N3O2/c1-14(2)21-19(24)22-17-11-9-16(10-12-17)18(23)20-13-5-8-15-6-3-4-7-15/h9-12,14-15H,3-8,13H2,1-2H3,(H,20,23)(H2,21,22,24). The molecule has 3 N–H and O–H groups in total. The molecule has 24 heavy (non-hydrogen) atoms. The van der Waals surface area contributed by atoms with Crippen LogP contribution < -0.4 is 16.0 Å². The van der Waals surface area contributed by atoms with Crippen LogP contribution in [0.2, 0.25) is 0 Å². The van der Waals surface area contributed by atoms with E-state index in [1.54, 1.807) is 24.3 Å². The molecule has 5 heteroatoms. The van der Waals surface area contributed by atoms with Gasteiger partial charge in [0.05, 0.1) is 0 Å². The van der Waals surface area contributed by atoms with E-state index >= 15 is 0 Å². The van der Waals surface area contributed by atoms with Crippen molar-refractivity contribution in [2.45, 2.75) is 58.4 Å². The second kappa shape index (κ2) is 9.30. The first kappa shape index (κ1) is 18.3. The summed E-state index contributed by atoms with van der Waals surface area (Å²) in [6, 6.07) is 6.79. The van der Waals surface area contributed by atoms with Crippen LogP contribution in [0.25, 0.3) is 0 Å². The molecule has 5 nitrogen and oxygen atoms in total. The number of carbonyl (C=O) groups is 2. The number of rotatable bonds is 7. The van der Waals surface area contributed by atoms with Crippen LogP contribution in [0.4, 0.5) is 10.5 Å². The molecule has 0 heterocycles. The summed E-state index contributed by atoms with van der Waals surface area (Å²) in [7, 11) is 0. The fourth-order valence-electron chi connectivity index (χ4n) is 3.13. The van der Waals surface area contributed by atoms with Crippen LogP contribution in [0, 0.1) is 5.92 Å². The molecule has 0 bridgehead atoms. The molecule has 0 radical (unpaired) electrons. The number of anilines is 1. The molecular formula is C19H29N3O2. The molecule has 0 aromatic heterocycles. The molecule has 0 aliphatic heterocycles. The molecule has 1 aromatic carbocycles. The molecule has 1 saturated carbocycles. The van der Waals surface area contributed by atoms with Gasteiger partial charge in [-0.05, 0) is 56.9 Å².